The molecule has 14 nitrogen and oxygen atoms in total. The highest BCUT2D eigenvalue weighted by molar-refractivity contribution is 5.97. The molecule has 0 saturated carbocycles. The molecule has 6 rings (SSSR count). The minimum Gasteiger partial charge on any atom is -0.484 e. The fourth-order valence-corrected chi connectivity index (χ4v) is 6.27. The van der Waals surface area contributed by atoms with Gasteiger partial charge in [-0.25, -0.2) is 8.78 Å². The number of fused-ring (bicyclic) bond motifs is 16. The molecule has 3 aliphatic heterocycles. The molecule has 0 aromatic heterocycles. The molecule has 286 valence electrons. The Hall–Kier alpha value is -5.90. The number of carbonyl (C=O) groups is 6. The van der Waals surface area contributed by atoms with Crippen LogP contribution in [0.15, 0.2) is 72.8 Å². The number of carbonyl (C=O) groups excluding carboxylic acids is 6. The number of halogens is 2. The van der Waals surface area contributed by atoms with Crippen LogP contribution in [0.1, 0.15) is 41.8 Å². The van der Waals surface area contributed by atoms with E-state index >= 15 is 0 Å². The van der Waals surface area contributed by atoms with Gasteiger partial charge in [-0.15, -0.1) is 0 Å². The maximum Gasteiger partial charge on any atom is 0.258 e. The fourth-order valence-electron chi connectivity index (χ4n) is 6.27. The van der Waals surface area contributed by atoms with Gasteiger partial charge in [-0.1, -0.05) is 48.5 Å². The summed E-state index contributed by atoms with van der Waals surface area (Å²) in [5.74, 6) is -6.91. The first-order valence-electron chi connectivity index (χ1n) is 17.5. The zero-order valence-corrected chi connectivity index (χ0v) is 29.6. The highest BCUT2D eigenvalue weighted by atomic mass is 19.2. The van der Waals surface area contributed by atoms with Crippen LogP contribution in [0.5, 0.6) is 5.75 Å². The summed E-state index contributed by atoms with van der Waals surface area (Å²) in [6.45, 7) is 2.17. The molecule has 6 amide bonds. The highest BCUT2D eigenvalue weighted by Gasteiger charge is 2.44. The number of nitrogens with zero attached hydrogens (tertiary/aromatic N) is 1. The summed E-state index contributed by atoms with van der Waals surface area (Å²) in [6, 6.07) is 12.5. The Morgan fingerprint density at radius 3 is 2.35 bits per heavy atom. The molecule has 54 heavy (non-hydrogen) atoms. The molecule has 6 atom stereocenters. The number of ether oxygens (including phenoxy) is 1. The molecule has 1 saturated heterocycles. The number of aliphatic hydroxyl groups is 1. The SMILES string of the molecule is C[C@@H]1NC(=O)[C@H]([C@@H](C)O)NC(=O)[C@@H]2C[C@H](NC(=O)c3cccc(F)c3F)CN2C(=O)[C@H](Cc2ccccc2)NC(=O)COc2ccc(cc2)CCNC1=O. The fraction of sp³-hybridized carbons (Fsp3) is 0.368. The van der Waals surface area contributed by atoms with E-state index in [1.807, 2.05) is 0 Å². The molecule has 6 N–H and O–H groups in total. The van der Waals surface area contributed by atoms with Crippen molar-refractivity contribution in [1.29, 1.82) is 0 Å². The van der Waals surface area contributed by atoms with Crippen LogP contribution >= 0.6 is 0 Å². The number of hydrogen-bond donors (Lipinski definition) is 6. The molecule has 3 heterocycles. The molecule has 0 aliphatic carbocycles. The van der Waals surface area contributed by atoms with Crippen LogP contribution in [0.3, 0.4) is 0 Å². The second kappa shape index (κ2) is 17.7. The van der Waals surface area contributed by atoms with E-state index in [0.717, 1.165) is 28.7 Å². The molecule has 3 aromatic carbocycles. The zero-order chi connectivity index (χ0) is 38.9. The van der Waals surface area contributed by atoms with Crippen LogP contribution in [0.2, 0.25) is 0 Å². The van der Waals surface area contributed by atoms with Crippen molar-refractivity contribution in [3.05, 3.63) is 101 Å². The number of amides is 6. The van der Waals surface area contributed by atoms with Gasteiger partial charge in [0, 0.05) is 25.6 Å². The van der Waals surface area contributed by atoms with E-state index in [4.69, 9.17) is 4.74 Å². The molecule has 2 bridgehead atoms. The standard InChI is InChI=1S/C38H42F2N6O8/c1-21-34(49)41-16-15-23-11-13-26(14-12-23)54-20-31(48)44-29(17-24-7-4-3-5-8-24)38(53)46-19-25(43-35(50)27-9-6-10-28(39)32(27)40)18-30(46)36(51)45-33(22(2)47)37(52)42-21/h3-14,21-22,25,29-30,33,47H,15-20H2,1-2H3,(H,41,49)(H,42,52)(H,43,50)(H,44,48)(H,45,51)/t21-,22+,25-,29-,30-,33-/m0/s1. The zero-order valence-electron chi connectivity index (χ0n) is 29.6. The van der Waals surface area contributed by atoms with Gasteiger partial charge in [-0.2, -0.15) is 0 Å². The normalized spacial score (nSPS) is 23.7. The van der Waals surface area contributed by atoms with Crippen LogP contribution < -0.4 is 31.3 Å². The Balaban J connectivity index is 1.47. The van der Waals surface area contributed by atoms with Crippen molar-refractivity contribution in [3.63, 3.8) is 0 Å². The van der Waals surface area contributed by atoms with Crippen LogP contribution in [-0.2, 0) is 36.8 Å². The van der Waals surface area contributed by atoms with Crippen molar-refractivity contribution in [2.45, 2.75) is 69.4 Å². The largest absolute Gasteiger partial charge is 0.484 e. The quantitative estimate of drug-likeness (QED) is 0.203. The number of rotatable bonds is 5. The Morgan fingerprint density at radius 2 is 1.65 bits per heavy atom. The van der Waals surface area contributed by atoms with E-state index in [1.165, 1.54) is 13.8 Å². The molecule has 0 unspecified atom stereocenters. The average molecular weight is 749 g/mol. The highest BCUT2D eigenvalue weighted by Crippen LogP contribution is 2.23. The van der Waals surface area contributed by atoms with Crippen molar-refractivity contribution in [2.24, 2.45) is 0 Å². The van der Waals surface area contributed by atoms with Crippen molar-refractivity contribution in [1.82, 2.24) is 31.5 Å². The molecule has 0 spiro atoms. The Morgan fingerprint density at radius 1 is 0.926 bits per heavy atom. The van der Waals surface area contributed by atoms with Gasteiger partial charge in [0.1, 0.15) is 29.9 Å². The van der Waals surface area contributed by atoms with E-state index in [0.29, 0.717) is 17.7 Å². The second-order valence-electron chi connectivity index (χ2n) is 13.3. The molecule has 3 aromatic rings. The van der Waals surface area contributed by atoms with E-state index in [1.54, 1.807) is 54.6 Å². The lowest BCUT2D eigenvalue weighted by molar-refractivity contribution is -0.143. The number of nitrogens with one attached hydrogen (secondary N) is 5. The average Bonchev–Trinajstić information content (AvgIpc) is 3.57. The third-order valence-corrected chi connectivity index (χ3v) is 9.16. The van der Waals surface area contributed by atoms with Gasteiger partial charge in [-0.3, -0.25) is 28.8 Å². The predicted molar refractivity (Wildman–Crippen MR) is 190 cm³/mol. The monoisotopic (exact) mass is 748 g/mol. The topological polar surface area (TPSA) is 195 Å². The van der Waals surface area contributed by atoms with Gasteiger partial charge in [0.25, 0.3) is 11.8 Å². The van der Waals surface area contributed by atoms with Crippen LogP contribution in [0.4, 0.5) is 8.78 Å². The van der Waals surface area contributed by atoms with Crippen molar-refractivity contribution in [3.8, 4) is 5.75 Å². The first kappa shape index (κ1) is 39.3. The molecule has 3 aliphatic rings. The van der Waals surface area contributed by atoms with Crippen molar-refractivity contribution in [2.75, 3.05) is 19.7 Å². The van der Waals surface area contributed by atoms with Gasteiger partial charge in [0.15, 0.2) is 18.2 Å². The van der Waals surface area contributed by atoms with Gasteiger partial charge in [0.2, 0.25) is 23.6 Å². The van der Waals surface area contributed by atoms with Gasteiger partial charge < -0.3 is 41.3 Å². The van der Waals surface area contributed by atoms with Crippen LogP contribution in [0.25, 0.3) is 0 Å². The van der Waals surface area contributed by atoms with Gasteiger partial charge in [0.05, 0.1) is 11.7 Å². The molecular formula is C38H42F2N6O8. The minimum atomic E-state index is -1.58. The number of benzene rings is 3. The third kappa shape index (κ3) is 9.95. The summed E-state index contributed by atoms with van der Waals surface area (Å²) in [5.41, 5.74) is 0.931. The lowest BCUT2D eigenvalue weighted by Gasteiger charge is -2.30. The Kier molecular flexibility index (Phi) is 12.9. The van der Waals surface area contributed by atoms with Crippen molar-refractivity contribution >= 4 is 35.4 Å². The van der Waals surface area contributed by atoms with Gasteiger partial charge >= 0.3 is 0 Å². The van der Waals surface area contributed by atoms with E-state index in [2.05, 4.69) is 26.6 Å². The lowest BCUT2D eigenvalue weighted by atomic mass is 10.0. The predicted octanol–water partition coefficient (Wildman–Crippen LogP) is 0.513. The Labute approximate surface area is 310 Å². The lowest BCUT2D eigenvalue weighted by Crippen LogP contribution is -2.60. The van der Waals surface area contributed by atoms with Gasteiger partial charge in [-0.05, 0) is 62.1 Å². The van der Waals surface area contributed by atoms with E-state index < -0.39 is 95.6 Å². The van der Waals surface area contributed by atoms with E-state index in [-0.39, 0.29) is 25.9 Å². The molecule has 16 heteroatoms. The first-order valence-corrected chi connectivity index (χ1v) is 17.5. The smallest absolute Gasteiger partial charge is 0.258 e. The molecular weight excluding hydrogens is 706 g/mol. The Bertz CT molecular complexity index is 1860. The molecule has 0 radical (unpaired) electrons. The molecule has 1 fully saturated rings. The van der Waals surface area contributed by atoms with E-state index in [9.17, 15) is 42.7 Å². The first-order chi connectivity index (χ1) is 25.8. The second-order valence-corrected chi connectivity index (χ2v) is 13.3. The number of hydrogen-bond acceptors (Lipinski definition) is 8. The van der Waals surface area contributed by atoms with Crippen LogP contribution in [-0.4, -0.2) is 101 Å². The summed E-state index contributed by atoms with van der Waals surface area (Å²) < 4.78 is 34.1. The maximum atomic E-state index is 14.5. The summed E-state index contributed by atoms with van der Waals surface area (Å²) >= 11 is 0. The third-order valence-electron chi connectivity index (χ3n) is 9.16. The van der Waals surface area contributed by atoms with Crippen LogP contribution in [0, 0.1) is 11.6 Å². The number of aliphatic hydroxyl groups excluding tert-OH is 1. The summed E-state index contributed by atoms with van der Waals surface area (Å²) in [5, 5.41) is 23.5. The van der Waals surface area contributed by atoms with Crippen molar-refractivity contribution < 1.29 is 47.4 Å². The maximum absolute atomic E-state index is 14.5. The minimum absolute atomic E-state index is 0.00483. The summed E-state index contributed by atoms with van der Waals surface area (Å²) in [4.78, 5) is 82.0. The summed E-state index contributed by atoms with van der Waals surface area (Å²) in [7, 11) is 0. The summed E-state index contributed by atoms with van der Waals surface area (Å²) in [6.07, 6.45) is -1.26.